The Bertz CT molecular complexity index is 115. The molecule has 0 saturated heterocycles. The van der Waals surface area contributed by atoms with Gasteiger partial charge in [-0.25, -0.2) is 0 Å². The molecule has 0 aliphatic heterocycles. The minimum absolute atomic E-state index is 0.224. The number of hydrogen-bond acceptors (Lipinski definition) is 3. The number of nitrogens with one attached hydrogen (secondary N) is 1. The van der Waals surface area contributed by atoms with Crippen LogP contribution in [0.3, 0.4) is 0 Å². The average molecular weight is 189 g/mol. The normalized spacial score (nSPS) is 12.0. The molecule has 13 heavy (non-hydrogen) atoms. The minimum atomic E-state index is 0.224. The maximum atomic E-state index is 5.53. The summed E-state index contributed by atoms with van der Waals surface area (Å²) in [6, 6.07) is 0. The van der Waals surface area contributed by atoms with Gasteiger partial charge in [0, 0.05) is 32.3 Å². The van der Waals surface area contributed by atoms with Crippen molar-refractivity contribution in [1.82, 2.24) is 5.32 Å². The molecule has 0 aromatic rings. The summed E-state index contributed by atoms with van der Waals surface area (Å²) in [5, 5.41) is 3.16. The molecule has 0 rings (SSSR count). The van der Waals surface area contributed by atoms with Crippen LogP contribution < -0.4 is 5.32 Å². The third-order valence-electron chi connectivity index (χ3n) is 1.79. The summed E-state index contributed by atoms with van der Waals surface area (Å²) in [6.07, 6.45) is 0.978. The van der Waals surface area contributed by atoms with Crippen LogP contribution in [0.4, 0.5) is 0 Å². The molecule has 0 bridgehead atoms. The van der Waals surface area contributed by atoms with Gasteiger partial charge < -0.3 is 14.8 Å². The molecule has 3 nitrogen and oxygen atoms in total. The van der Waals surface area contributed by atoms with Crippen molar-refractivity contribution in [3.8, 4) is 0 Å². The lowest BCUT2D eigenvalue weighted by atomic mass is 9.95. The molecule has 0 atom stereocenters. The molecule has 0 radical (unpaired) electrons. The fraction of sp³-hybridized carbons (Fsp3) is 1.00. The lowest BCUT2D eigenvalue weighted by Gasteiger charge is -2.23. The highest BCUT2D eigenvalue weighted by molar-refractivity contribution is 4.69. The second-order valence-electron chi connectivity index (χ2n) is 4.09. The van der Waals surface area contributed by atoms with Crippen LogP contribution in [0.1, 0.15) is 20.3 Å². The standard InChI is InChI=1S/C10H23NO2/c1-10(2,8-11-3)9-13-7-5-6-12-4/h11H,5-9H2,1-4H3. The lowest BCUT2D eigenvalue weighted by Crippen LogP contribution is -2.31. The third-order valence-corrected chi connectivity index (χ3v) is 1.79. The highest BCUT2D eigenvalue weighted by Crippen LogP contribution is 2.13. The van der Waals surface area contributed by atoms with E-state index in [0.717, 1.165) is 32.8 Å². The van der Waals surface area contributed by atoms with Gasteiger partial charge in [0.05, 0.1) is 6.61 Å². The van der Waals surface area contributed by atoms with Gasteiger partial charge in [0.25, 0.3) is 0 Å². The van der Waals surface area contributed by atoms with E-state index in [-0.39, 0.29) is 5.41 Å². The van der Waals surface area contributed by atoms with E-state index in [4.69, 9.17) is 9.47 Å². The number of ether oxygens (including phenoxy) is 2. The van der Waals surface area contributed by atoms with Gasteiger partial charge in [-0.1, -0.05) is 13.8 Å². The van der Waals surface area contributed by atoms with Gasteiger partial charge in [-0.05, 0) is 13.5 Å². The first-order valence-corrected chi connectivity index (χ1v) is 4.83. The highest BCUT2D eigenvalue weighted by atomic mass is 16.5. The zero-order valence-corrected chi connectivity index (χ0v) is 9.35. The van der Waals surface area contributed by atoms with Crippen molar-refractivity contribution in [2.75, 3.05) is 40.5 Å². The number of hydrogen-bond donors (Lipinski definition) is 1. The second kappa shape index (κ2) is 7.30. The summed E-state index contributed by atoms with van der Waals surface area (Å²) >= 11 is 0. The van der Waals surface area contributed by atoms with Crippen molar-refractivity contribution < 1.29 is 9.47 Å². The minimum Gasteiger partial charge on any atom is -0.385 e. The van der Waals surface area contributed by atoms with E-state index < -0.39 is 0 Å². The first-order valence-electron chi connectivity index (χ1n) is 4.83. The Labute approximate surface area is 81.8 Å². The van der Waals surface area contributed by atoms with E-state index >= 15 is 0 Å². The first-order chi connectivity index (χ1) is 6.12. The van der Waals surface area contributed by atoms with E-state index in [9.17, 15) is 0 Å². The summed E-state index contributed by atoms with van der Waals surface area (Å²) in [7, 11) is 3.68. The molecule has 0 aromatic carbocycles. The Kier molecular flexibility index (Phi) is 7.23. The molecule has 0 unspecified atom stereocenters. The molecule has 0 aliphatic carbocycles. The molecule has 0 fully saturated rings. The van der Waals surface area contributed by atoms with Crippen molar-refractivity contribution in [3.05, 3.63) is 0 Å². The van der Waals surface area contributed by atoms with Crippen LogP contribution >= 0.6 is 0 Å². The van der Waals surface area contributed by atoms with Crippen LogP contribution in [0.5, 0.6) is 0 Å². The van der Waals surface area contributed by atoms with Crippen molar-refractivity contribution in [2.45, 2.75) is 20.3 Å². The zero-order chi connectivity index (χ0) is 10.2. The molecule has 80 valence electrons. The van der Waals surface area contributed by atoms with Crippen molar-refractivity contribution in [1.29, 1.82) is 0 Å². The van der Waals surface area contributed by atoms with Crippen LogP contribution in [0.25, 0.3) is 0 Å². The molecule has 0 spiro atoms. The Morgan fingerprint density at radius 2 is 1.92 bits per heavy atom. The predicted molar refractivity (Wildman–Crippen MR) is 55.0 cm³/mol. The maximum absolute atomic E-state index is 5.53. The Hall–Kier alpha value is -0.120. The fourth-order valence-electron chi connectivity index (χ4n) is 1.18. The van der Waals surface area contributed by atoms with E-state index in [1.54, 1.807) is 7.11 Å². The van der Waals surface area contributed by atoms with Crippen LogP contribution in [0, 0.1) is 5.41 Å². The van der Waals surface area contributed by atoms with Gasteiger partial charge >= 0.3 is 0 Å². The van der Waals surface area contributed by atoms with Gasteiger partial charge in [0.1, 0.15) is 0 Å². The van der Waals surface area contributed by atoms with Crippen molar-refractivity contribution in [3.63, 3.8) is 0 Å². The van der Waals surface area contributed by atoms with Crippen LogP contribution in [-0.4, -0.2) is 40.5 Å². The van der Waals surface area contributed by atoms with Crippen molar-refractivity contribution in [2.24, 2.45) is 5.41 Å². The third kappa shape index (κ3) is 8.22. The predicted octanol–water partition coefficient (Wildman–Crippen LogP) is 1.29. The lowest BCUT2D eigenvalue weighted by molar-refractivity contribution is 0.0498. The largest absolute Gasteiger partial charge is 0.385 e. The Morgan fingerprint density at radius 1 is 1.23 bits per heavy atom. The fourth-order valence-corrected chi connectivity index (χ4v) is 1.18. The van der Waals surface area contributed by atoms with Gasteiger partial charge in [0.15, 0.2) is 0 Å². The summed E-state index contributed by atoms with van der Waals surface area (Å²) in [5.74, 6) is 0. The van der Waals surface area contributed by atoms with Gasteiger partial charge in [-0.3, -0.25) is 0 Å². The van der Waals surface area contributed by atoms with Crippen LogP contribution in [0.2, 0.25) is 0 Å². The van der Waals surface area contributed by atoms with Gasteiger partial charge in [0.2, 0.25) is 0 Å². The quantitative estimate of drug-likeness (QED) is 0.584. The molecule has 0 aromatic heterocycles. The summed E-state index contributed by atoms with van der Waals surface area (Å²) < 4.78 is 10.5. The smallest absolute Gasteiger partial charge is 0.0529 e. The molecule has 0 heterocycles. The SMILES string of the molecule is CNCC(C)(C)COCCCOC. The Morgan fingerprint density at radius 3 is 2.46 bits per heavy atom. The van der Waals surface area contributed by atoms with Crippen LogP contribution in [-0.2, 0) is 9.47 Å². The number of rotatable bonds is 8. The molecule has 0 saturated carbocycles. The number of methoxy groups -OCH3 is 1. The van der Waals surface area contributed by atoms with Gasteiger partial charge in [-0.2, -0.15) is 0 Å². The van der Waals surface area contributed by atoms with Crippen molar-refractivity contribution >= 4 is 0 Å². The summed E-state index contributed by atoms with van der Waals surface area (Å²) in [5.41, 5.74) is 0.224. The molecule has 3 heteroatoms. The Balaban J connectivity index is 3.29. The summed E-state index contributed by atoms with van der Waals surface area (Å²) in [4.78, 5) is 0. The molecular formula is C10H23NO2. The van der Waals surface area contributed by atoms with E-state index in [1.165, 1.54) is 0 Å². The topological polar surface area (TPSA) is 30.5 Å². The molecular weight excluding hydrogens is 166 g/mol. The van der Waals surface area contributed by atoms with E-state index in [1.807, 2.05) is 7.05 Å². The molecule has 0 amide bonds. The average Bonchev–Trinajstić information content (AvgIpc) is 2.04. The summed E-state index contributed by atoms with van der Waals surface area (Å²) in [6.45, 7) is 7.75. The van der Waals surface area contributed by atoms with Crippen LogP contribution in [0.15, 0.2) is 0 Å². The monoisotopic (exact) mass is 189 g/mol. The maximum Gasteiger partial charge on any atom is 0.0529 e. The second-order valence-corrected chi connectivity index (χ2v) is 4.09. The molecule has 0 aliphatic rings. The van der Waals surface area contributed by atoms with Gasteiger partial charge in [-0.15, -0.1) is 0 Å². The van der Waals surface area contributed by atoms with E-state index in [0.29, 0.717) is 0 Å². The zero-order valence-electron chi connectivity index (χ0n) is 9.35. The van der Waals surface area contributed by atoms with E-state index in [2.05, 4.69) is 19.2 Å². The molecule has 1 N–H and O–H groups in total. The first kappa shape index (κ1) is 12.9. The highest BCUT2D eigenvalue weighted by Gasteiger charge is 2.16.